The van der Waals surface area contributed by atoms with Gasteiger partial charge < -0.3 is 4.90 Å². The van der Waals surface area contributed by atoms with Gasteiger partial charge in [-0.15, -0.1) is 0 Å². The maximum atomic E-state index is 2.44. The number of fused-ring (bicyclic) bond motifs is 1. The van der Waals surface area contributed by atoms with Crippen LogP contribution in [0, 0.1) is 5.92 Å². The summed E-state index contributed by atoms with van der Waals surface area (Å²) in [5, 5.41) is 0. The van der Waals surface area contributed by atoms with Crippen molar-refractivity contribution in [3.63, 3.8) is 0 Å². The van der Waals surface area contributed by atoms with Crippen LogP contribution in [0.15, 0.2) is 18.2 Å². The molecule has 0 atom stereocenters. The number of anilines is 1. The normalized spacial score (nSPS) is 19.3. The summed E-state index contributed by atoms with van der Waals surface area (Å²) in [6, 6.07) is 7.09. The largest absolute Gasteiger partial charge is 0.374 e. The van der Waals surface area contributed by atoms with Crippen molar-refractivity contribution in [2.45, 2.75) is 38.5 Å². The molecule has 0 heterocycles. The maximum absolute atomic E-state index is 2.44. The van der Waals surface area contributed by atoms with E-state index in [0.717, 1.165) is 5.92 Å². The fourth-order valence-corrected chi connectivity index (χ4v) is 2.75. The van der Waals surface area contributed by atoms with Crippen molar-refractivity contribution in [1.29, 1.82) is 0 Å². The Hall–Kier alpha value is -0.980. The Morgan fingerprint density at radius 1 is 1.12 bits per heavy atom. The predicted octanol–water partition coefficient (Wildman–Crippen LogP) is 3.41. The molecule has 2 aliphatic carbocycles. The second-order valence-electron chi connectivity index (χ2n) is 5.48. The summed E-state index contributed by atoms with van der Waals surface area (Å²) in [5.74, 6) is 0.973. The monoisotopic (exact) mass is 215 g/mol. The smallest absolute Gasteiger partial charge is 0.0366 e. The molecule has 3 rings (SSSR count). The third kappa shape index (κ3) is 2.09. The van der Waals surface area contributed by atoms with Crippen molar-refractivity contribution in [2.24, 2.45) is 5.92 Å². The van der Waals surface area contributed by atoms with Crippen molar-refractivity contribution in [2.75, 3.05) is 18.5 Å². The first-order valence-electron chi connectivity index (χ1n) is 6.66. The summed E-state index contributed by atoms with van der Waals surface area (Å²) in [4.78, 5) is 2.44. The highest BCUT2D eigenvalue weighted by atomic mass is 15.1. The average molecular weight is 215 g/mol. The van der Waals surface area contributed by atoms with Crippen LogP contribution in [0.2, 0.25) is 0 Å². The molecular weight excluding hydrogens is 194 g/mol. The molecule has 16 heavy (non-hydrogen) atoms. The topological polar surface area (TPSA) is 3.24 Å². The Labute approximate surface area is 98.5 Å². The third-order valence-corrected chi connectivity index (χ3v) is 4.00. The second-order valence-corrected chi connectivity index (χ2v) is 5.48. The maximum Gasteiger partial charge on any atom is 0.0366 e. The van der Waals surface area contributed by atoms with Gasteiger partial charge in [-0.05, 0) is 67.7 Å². The van der Waals surface area contributed by atoms with E-state index in [4.69, 9.17) is 0 Å². The SMILES string of the molecule is CN(CC1CC1)c1ccc2c(c1)CCCC2. The van der Waals surface area contributed by atoms with E-state index in [0.29, 0.717) is 0 Å². The minimum atomic E-state index is 0.973. The van der Waals surface area contributed by atoms with Gasteiger partial charge in [0.2, 0.25) is 0 Å². The average Bonchev–Trinajstić information content (AvgIpc) is 3.12. The standard InChI is InChI=1S/C15H21N/c1-16(11-12-6-7-12)15-9-8-13-4-2-3-5-14(13)10-15/h8-10,12H,2-7,11H2,1H3. The molecule has 1 nitrogen and oxygen atoms in total. The van der Waals surface area contributed by atoms with Crippen LogP contribution in [0.25, 0.3) is 0 Å². The Bertz CT molecular complexity index is 379. The van der Waals surface area contributed by atoms with Crippen LogP contribution in [-0.2, 0) is 12.8 Å². The lowest BCUT2D eigenvalue weighted by Crippen LogP contribution is -2.20. The van der Waals surface area contributed by atoms with E-state index in [1.165, 1.54) is 50.8 Å². The molecule has 0 bridgehead atoms. The van der Waals surface area contributed by atoms with Gasteiger partial charge in [0.05, 0.1) is 0 Å². The molecule has 2 aliphatic rings. The predicted molar refractivity (Wildman–Crippen MR) is 69.1 cm³/mol. The van der Waals surface area contributed by atoms with E-state index in [2.05, 4.69) is 30.1 Å². The van der Waals surface area contributed by atoms with E-state index < -0.39 is 0 Å². The van der Waals surface area contributed by atoms with Gasteiger partial charge in [0.1, 0.15) is 0 Å². The van der Waals surface area contributed by atoms with Crippen LogP contribution in [0.5, 0.6) is 0 Å². The van der Waals surface area contributed by atoms with E-state index in [1.54, 1.807) is 11.1 Å². The van der Waals surface area contributed by atoms with E-state index >= 15 is 0 Å². The zero-order valence-electron chi connectivity index (χ0n) is 10.2. The molecule has 1 saturated carbocycles. The van der Waals surface area contributed by atoms with Crippen LogP contribution >= 0.6 is 0 Å². The zero-order valence-corrected chi connectivity index (χ0v) is 10.2. The minimum absolute atomic E-state index is 0.973. The van der Waals surface area contributed by atoms with Crippen LogP contribution in [-0.4, -0.2) is 13.6 Å². The highest BCUT2D eigenvalue weighted by Gasteiger charge is 2.23. The molecule has 0 N–H and O–H groups in total. The lowest BCUT2D eigenvalue weighted by atomic mass is 9.91. The van der Waals surface area contributed by atoms with Crippen molar-refractivity contribution in [1.82, 2.24) is 0 Å². The van der Waals surface area contributed by atoms with Gasteiger partial charge in [0.25, 0.3) is 0 Å². The van der Waals surface area contributed by atoms with Gasteiger partial charge in [-0.3, -0.25) is 0 Å². The summed E-state index contributed by atoms with van der Waals surface area (Å²) < 4.78 is 0. The van der Waals surface area contributed by atoms with Gasteiger partial charge in [-0.25, -0.2) is 0 Å². The molecule has 0 unspecified atom stereocenters. The summed E-state index contributed by atoms with van der Waals surface area (Å²) >= 11 is 0. The number of benzene rings is 1. The quantitative estimate of drug-likeness (QED) is 0.747. The third-order valence-electron chi connectivity index (χ3n) is 4.00. The summed E-state index contributed by atoms with van der Waals surface area (Å²) in [7, 11) is 2.24. The number of hydrogen-bond donors (Lipinski definition) is 0. The lowest BCUT2D eigenvalue weighted by Gasteiger charge is -2.23. The molecule has 0 aromatic heterocycles. The summed E-state index contributed by atoms with van der Waals surface area (Å²) in [6.07, 6.45) is 8.22. The first-order valence-corrected chi connectivity index (χ1v) is 6.66. The van der Waals surface area contributed by atoms with E-state index in [-0.39, 0.29) is 0 Å². The molecule has 1 aromatic rings. The lowest BCUT2D eigenvalue weighted by molar-refractivity contribution is 0.684. The molecule has 1 heteroatoms. The van der Waals surface area contributed by atoms with Crippen molar-refractivity contribution >= 4 is 5.69 Å². The van der Waals surface area contributed by atoms with Crippen molar-refractivity contribution < 1.29 is 0 Å². The van der Waals surface area contributed by atoms with Crippen molar-refractivity contribution in [3.05, 3.63) is 29.3 Å². The Morgan fingerprint density at radius 2 is 1.88 bits per heavy atom. The van der Waals surface area contributed by atoms with Crippen LogP contribution in [0.4, 0.5) is 5.69 Å². The first kappa shape index (κ1) is 10.2. The second kappa shape index (κ2) is 4.12. The van der Waals surface area contributed by atoms with E-state index in [1.807, 2.05) is 0 Å². The van der Waals surface area contributed by atoms with E-state index in [9.17, 15) is 0 Å². The highest BCUT2D eigenvalue weighted by Crippen LogP contribution is 2.32. The summed E-state index contributed by atoms with van der Waals surface area (Å²) in [6.45, 7) is 1.25. The van der Waals surface area contributed by atoms with Gasteiger partial charge in [-0.1, -0.05) is 6.07 Å². The molecule has 1 fully saturated rings. The minimum Gasteiger partial charge on any atom is -0.374 e. The summed E-state index contributed by atoms with van der Waals surface area (Å²) in [5.41, 5.74) is 4.62. The molecule has 0 amide bonds. The van der Waals surface area contributed by atoms with Crippen molar-refractivity contribution in [3.8, 4) is 0 Å². The molecular formula is C15H21N. The van der Waals surface area contributed by atoms with Gasteiger partial charge in [0, 0.05) is 19.3 Å². The van der Waals surface area contributed by atoms with Gasteiger partial charge in [-0.2, -0.15) is 0 Å². The van der Waals surface area contributed by atoms with Crippen LogP contribution < -0.4 is 4.90 Å². The molecule has 0 radical (unpaired) electrons. The fourth-order valence-electron chi connectivity index (χ4n) is 2.75. The fraction of sp³-hybridized carbons (Fsp3) is 0.600. The molecule has 0 aliphatic heterocycles. The molecule has 86 valence electrons. The zero-order chi connectivity index (χ0) is 11.0. The van der Waals surface area contributed by atoms with Crippen LogP contribution in [0.3, 0.4) is 0 Å². The molecule has 0 spiro atoms. The molecule has 1 aromatic carbocycles. The first-order chi connectivity index (χ1) is 7.83. The Kier molecular flexibility index (Phi) is 2.62. The number of rotatable bonds is 3. The van der Waals surface area contributed by atoms with Gasteiger partial charge in [0.15, 0.2) is 0 Å². The van der Waals surface area contributed by atoms with Crippen LogP contribution in [0.1, 0.15) is 36.8 Å². The Morgan fingerprint density at radius 3 is 2.62 bits per heavy atom. The molecule has 0 saturated heterocycles. The van der Waals surface area contributed by atoms with Gasteiger partial charge >= 0.3 is 0 Å². The number of nitrogens with zero attached hydrogens (tertiary/aromatic N) is 1. The number of aryl methyl sites for hydroxylation is 2. The Balaban J connectivity index is 1.78. The highest BCUT2D eigenvalue weighted by molar-refractivity contribution is 5.51. The number of hydrogen-bond acceptors (Lipinski definition) is 1.